The minimum atomic E-state index is 0.310. The molecule has 1 aromatic heterocycles. The topological polar surface area (TPSA) is 44.9 Å². The highest BCUT2D eigenvalue weighted by Gasteiger charge is 2.18. The SMILES string of the molecule is O=C1CCc2cccc(Nc3ccc(-c4ccc(Cl)cc4)[nH]3)c2C1. The summed E-state index contributed by atoms with van der Waals surface area (Å²) >= 11 is 5.94. The van der Waals surface area contributed by atoms with Crippen molar-refractivity contribution >= 4 is 28.9 Å². The number of ketones is 1. The maximum atomic E-state index is 11.8. The van der Waals surface area contributed by atoms with Crippen LogP contribution in [0.1, 0.15) is 17.5 Å². The van der Waals surface area contributed by atoms with E-state index in [1.54, 1.807) is 0 Å². The number of nitrogens with one attached hydrogen (secondary N) is 2. The average molecular weight is 337 g/mol. The average Bonchev–Trinajstić information content (AvgIpc) is 3.05. The number of aromatic amines is 1. The van der Waals surface area contributed by atoms with Gasteiger partial charge in [-0.2, -0.15) is 0 Å². The van der Waals surface area contributed by atoms with E-state index in [0.717, 1.165) is 39.8 Å². The van der Waals surface area contributed by atoms with E-state index >= 15 is 0 Å². The zero-order valence-corrected chi connectivity index (χ0v) is 13.9. The number of fused-ring (bicyclic) bond motifs is 1. The number of H-pyrrole nitrogens is 1. The van der Waals surface area contributed by atoms with Gasteiger partial charge in [-0.1, -0.05) is 35.9 Å². The molecule has 0 saturated carbocycles. The van der Waals surface area contributed by atoms with Crippen LogP contribution in [0.25, 0.3) is 11.3 Å². The highest BCUT2D eigenvalue weighted by atomic mass is 35.5. The summed E-state index contributed by atoms with van der Waals surface area (Å²) in [6.45, 7) is 0. The molecule has 0 saturated heterocycles. The van der Waals surface area contributed by atoms with Crippen LogP contribution in [-0.2, 0) is 17.6 Å². The Morgan fingerprint density at radius 3 is 2.62 bits per heavy atom. The molecule has 0 unspecified atom stereocenters. The van der Waals surface area contributed by atoms with Gasteiger partial charge in [0.2, 0.25) is 0 Å². The van der Waals surface area contributed by atoms with Gasteiger partial charge in [-0.15, -0.1) is 0 Å². The number of benzene rings is 2. The lowest BCUT2D eigenvalue weighted by Gasteiger charge is -2.19. The van der Waals surface area contributed by atoms with Crippen LogP contribution in [-0.4, -0.2) is 10.8 Å². The molecule has 1 heterocycles. The maximum Gasteiger partial charge on any atom is 0.137 e. The number of aromatic nitrogens is 1. The zero-order chi connectivity index (χ0) is 16.5. The summed E-state index contributed by atoms with van der Waals surface area (Å²) in [5.41, 5.74) is 5.50. The Bertz CT molecular complexity index is 896. The summed E-state index contributed by atoms with van der Waals surface area (Å²) in [5, 5.41) is 4.15. The van der Waals surface area contributed by atoms with Gasteiger partial charge in [-0.3, -0.25) is 4.79 Å². The van der Waals surface area contributed by atoms with E-state index in [-0.39, 0.29) is 0 Å². The van der Waals surface area contributed by atoms with Crippen molar-refractivity contribution in [1.29, 1.82) is 0 Å². The van der Waals surface area contributed by atoms with Crippen molar-refractivity contribution in [3.05, 3.63) is 70.7 Å². The van der Waals surface area contributed by atoms with Crippen LogP contribution in [0.2, 0.25) is 5.02 Å². The lowest BCUT2D eigenvalue weighted by atomic mass is 9.89. The minimum absolute atomic E-state index is 0.310. The molecule has 0 bridgehead atoms. The van der Waals surface area contributed by atoms with Crippen LogP contribution in [0.4, 0.5) is 11.5 Å². The van der Waals surface area contributed by atoms with Crippen LogP contribution >= 0.6 is 11.6 Å². The molecule has 0 fully saturated rings. The Kier molecular flexibility index (Phi) is 3.87. The first kappa shape index (κ1) is 15.0. The highest BCUT2D eigenvalue weighted by molar-refractivity contribution is 6.30. The number of aryl methyl sites for hydroxylation is 1. The van der Waals surface area contributed by atoms with Crippen molar-refractivity contribution in [3.8, 4) is 11.3 Å². The second-order valence-corrected chi connectivity index (χ2v) is 6.51. The predicted molar refractivity (Wildman–Crippen MR) is 98.0 cm³/mol. The number of carbonyl (C=O) groups excluding carboxylic acids is 1. The quantitative estimate of drug-likeness (QED) is 0.695. The lowest BCUT2D eigenvalue weighted by Crippen LogP contribution is -2.14. The molecule has 3 aromatic rings. The first-order valence-corrected chi connectivity index (χ1v) is 8.41. The van der Waals surface area contributed by atoms with E-state index in [1.165, 1.54) is 5.56 Å². The standard InChI is InChI=1S/C20H17ClN2O/c21-15-7-4-14(5-8-15)18-10-11-20(22-18)23-19-3-1-2-13-6-9-16(24)12-17(13)19/h1-5,7-8,10-11,22-23H,6,9,12H2. The summed E-state index contributed by atoms with van der Waals surface area (Å²) < 4.78 is 0. The molecule has 0 radical (unpaired) electrons. The Labute approximate surface area is 145 Å². The van der Waals surface area contributed by atoms with Gasteiger partial charge in [0.1, 0.15) is 11.6 Å². The highest BCUT2D eigenvalue weighted by Crippen LogP contribution is 2.30. The first-order valence-electron chi connectivity index (χ1n) is 8.03. The first-order chi connectivity index (χ1) is 11.7. The van der Waals surface area contributed by atoms with Crippen molar-refractivity contribution in [1.82, 2.24) is 4.98 Å². The number of carbonyl (C=O) groups is 1. The molecule has 3 nitrogen and oxygen atoms in total. The predicted octanol–water partition coefficient (Wildman–Crippen LogP) is 5.14. The maximum absolute atomic E-state index is 11.8. The van der Waals surface area contributed by atoms with Crippen molar-refractivity contribution < 1.29 is 4.79 Å². The summed E-state index contributed by atoms with van der Waals surface area (Å²) in [4.78, 5) is 15.2. The van der Waals surface area contributed by atoms with Crippen molar-refractivity contribution in [2.45, 2.75) is 19.3 Å². The molecule has 24 heavy (non-hydrogen) atoms. The monoisotopic (exact) mass is 336 g/mol. The third-order valence-electron chi connectivity index (χ3n) is 4.43. The number of rotatable bonds is 3. The molecule has 2 N–H and O–H groups in total. The Morgan fingerprint density at radius 2 is 1.79 bits per heavy atom. The Hall–Kier alpha value is -2.52. The van der Waals surface area contributed by atoms with Crippen LogP contribution in [0, 0.1) is 0 Å². The van der Waals surface area contributed by atoms with Crippen LogP contribution in [0.3, 0.4) is 0 Å². The van der Waals surface area contributed by atoms with Gasteiger partial charge in [-0.05, 0) is 53.4 Å². The number of anilines is 2. The van der Waals surface area contributed by atoms with Crippen molar-refractivity contribution in [2.24, 2.45) is 0 Å². The van der Waals surface area contributed by atoms with E-state index < -0.39 is 0 Å². The fourth-order valence-electron chi connectivity index (χ4n) is 3.17. The molecule has 0 aliphatic heterocycles. The Balaban J connectivity index is 1.61. The molecule has 1 aliphatic rings. The smallest absolute Gasteiger partial charge is 0.137 e. The number of halogens is 1. The number of hydrogen-bond donors (Lipinski definition) is 2. The van der Waals surface area contributed by atoms with Crippen LogP contribution in [0.5, 0.6) is 0 Å². The lowest BCUT2D eigenvalue weighted by molar-refractivity contribution is -0.118. The van der Waals surface area contributed by atoms with Gasteiger partial charge in [-0.25, -0.2) is 0 Å². The second kappa shape index (κ2) is 6.17. The van der Waals surface area contributed by atoms with Gasteiger partial charge in [0.25, 0.3) is 0 Å². The number of hydrogen-bond acceptors (Lipinski definition) is 2. The third kappa shape index (κ3) is 2.95. The summed E-state index contributed by atoms with van der Waals surface area (Å²) in [6, 6.07) is 18.0. The molecule has 4 rings (SSSR count). The van der Waals surface area contributed by atoms with Gasteiger partial charge >= 0.3 is 0 Å². The largest absolute Gasteiger partial charge is 0.342 e. The van der Waals surface area contributed by atoms with Gasteiger partial charge in [0, 0.05) is 29.2 Å². The van der Waals surface area contributed by atoms with Gasteiger partial charge in [0.05, 0.1) is 0 Å². The fourth-order valence-corrected chi connectivity index (χ4v) is 3.29. The fraction of sp³-hybridized carbons (Fsp3) is 0.150. The van der Waals surface area contributed by atoms with E-state index in [0.29, 0.717) is 18.6 Å². The third-order valence-corrected chi connectivity index (χ3v) is 4.68. The molecular weight excluding hydrogens is 320 g/mol. The van der Waals surface area contributed by atoms with Crippen LogP contribution < -0.4 is 5.32 Å². The number of Topliss-reactive ketones (excluding diaryl/α,β-unsaturated/α-hetero) is 1. The van der Waals surface area contributed by atoms with E-state index in [1.807, 2.05) is 48.5 Å². The molecule has 120 valence electrons. The summed E-state index contributed by atoms with van der Waals surface area (Å²) in [7, 11) is 0. The van der Waals surface area contributed by atoms with Crippen molar-refractivity contribution in [2.75, 3.05) is 5.32 Å². The summed E-state index contributed by atoms with van der Waals surface area (Å²) in [5.74, 6) is 1.22. The molecule has 2 aromatic carbocycles. The molecular formula is C20H17ClN2O. The minimum Gasteiger partial charge on any atom is -0.342 e. The molecule has 4 heteroatoms. The van der Waals surface area contributed by atoms with Crippen LogP contribution in [0.15, 0.2) is 54.6 Å². The normalized spacial score (nSPS) is 13.6. The van der Waals surface area contributed by atoms with E-state index in [4.69, 9.17) is 11.6 Å². The summed E-state index contributed by atoms with van der Waals surface area (Å²) in [6.07, 6.45) is 2.01. The van der Waals surface area contributed by atoms with Crippen molar-refractivity contribution in [3.63, 3.8) is 0 Å². The van der Waals surface area contributed by atoms with Gasteiger partial charge in [0.15, 0.2) is 0 Å². The molecule has 0 atom stereocenters. The second-order valence-electron chi connectivity index (χ2n) is 6.08. The zero-order valence-electron chi connectivity index (χ0n) is 13.1. The van der Waals surface area contributed by atoms with Gasteiger partial charge < -0.3 is 10.3 Å². The molecule has 1 aliphatic carbocycles. The van der Waals surface area contributed by atoms with E-state index in [9.17, 15) is 4.79 Å². The van der Waals surface area contributed by atoms with E-state index in [2.05, 4.69) is 16.4 Å². The molecule has 0 spiro atoms. The Morgan fingerprint density at radius 1 is 0.958 bits per heavy atom. The molecule has 0 amide bonds.